The first-order valence-electron chi connectivity index (χ1n) is 3.33. The maximum atomic E-state index is 10.7. The van der Waals surface area contributed by atoms with Crippen LogP contribution in [0.5, 0.6) is 0 Å². The Bertz CT molecular complexity index is 199. The van der Waals surface area contributed by atoms with Gasteiger partial charge in [0.15, 0.2) is 0 Å². The Morgan fingerprint density at radius 3 is 2.36 bits per heavy atom. The van der Waals surface area contributed by atoms with Gasteiger partial charge < -0.3 is 5.32 Å². The van der Waals surface area contributed by atoms with E-state index in [0.29, 0.717) is 13.0 Å². The van der Waals surface area contributed by atoms with E-state index < -0.39 is 10.0 Å². The van der Waals surface area contributed by atoms with Gasteiger partial charge in [0.05, 0.1) is 5.25 Å². The van der Waals surface area contributed by atoms with Gasteiger partial charge in [-0.15, -0.1) is 12.4 Å². The Kier molecular flexibility index (Phi) is 4.31. The minimum Gasteiger partial charge on any atom is -0.315 e. The standard InChI is InChI=1S/C5H12N2O2S.ClH/c6-10(8,9)5-2-1-3-7-4-5;/h5,7H,1-4H2,(H2,6,8,9);1H/t5-;/m1./s1. The first kappa shape index (κ1) is 11.2. The minimum absolute atomic E-state index is 0. The van der Waals surface area contributed by atoms with Crippen LogP contribution in [0.25, 0.3) is 0 Å². The maximum absolute atomic E-state index is 10.7. The molecule has 0 aromatic carbocycles. The number of nitrogens with two attached hydrogens (primary N) is 1. The van der Waals surface area contributed by atoms with Crippen molar-refractivity contribution in [1.29, 1.82) is 0 Å². The van der Waals surface area contributed by atoms with Crippen LogP contribution >= 0.6 is 12.4 Å². The highest BCUT2D eigenvalue weighted by Gasteiger charge is 2.22. The summed E-state index contributed by atoms with van der Waals surface area (Å²) in [4.78, 5) is 0. The predicted molar refractivity (Wildman–Crippen MR) is 46.2 cm³/mol. The largest absolute Gasteiger partial charge is 0.315 e. The summed E-state index contributed by atoms with van der Waals surface area (Å²) in [6, 6.07) is 0. The molecule has 6 heteroatoms. The molecule has 0 aromatic heterocycles. The number of hydrogen-bond acceptors (Lipinski definition) is 3. The summed E-state index contributed by atoms with van der Waals surface area (Å²) < 4.78 is 21.4. The van der Waals surface area contributed by atoms with Crippen molar-refractivity contribution in [3.05, 3.63) is 0 Å². The van der Waals surface area contributed by atoms with Gasteiger partial charge in [0.2, 0.25) is 10.0 Å². The van der Waals surface area contributed by atoms with Crippen LogP contribution in [0.2, 0.25) is 0 Å². The van der Waals surface area contributed by atoms with Crippen LogP contribution in [0.4, 0.5) is 0 Å². The Hall–Kier alpha value is 0.160. The van der Waals surface area contributed by atoms with Crippen molar-refractivity contribution < 1.29 is 8.42 Å². The summed E-state index contributed by atoms with van der Waals surface area (Å²) in [7, 11) is -3.29. The first-order valence-corrected chi connectivity index (χ1v) is 4.94. The van der Waals surface area contributed by atoms with Gasteiger partial charge in [-0.1, -0.05) is 0 Å². The van der Waals surface area contributed by atoms with Gasteiger partial charge in [-0.3, -0.25) is 0 Å². The molecule has 1 rings (SSSR count). The second kappa shape index (κ2) is 4.25. The Balaban J connectivity index is 0.000001000. The minimum atomic E-state index is -3.29. The molecule has 1 heterocycles. The zero-order valence-corrected chi connectivity index (χ0v) is 7.75. The summed E-state index contributed by atoms with van der Waals surface area (Å²) in [5.74, 6) is 0. The van der Waals surface area contributed by atoms with Crippen molar-refractivity contribution in [2.24, 2.45) is 5.14 Å². The first-order chi connectivity index (χ1) is 4.61. The van der Waals surface area contributed by atoms with Crippen LogP contribution in [-0.2, 0) is 10.0 Å². The molecule has 1 saturated heterocycles. The highest BCUT2D eigenvalue weighted by Crippen LogP contribution is 2.07. The van der Waals surface area contributed by atoms with E-state index in [4.69, 9.17) is 5.14 Å². The molecule has 0 unspecified atom stereocenters. The molecule has 0 aliphatic carbocycles. The summed E-state index contributed by atoms with van der Waals surface area (Å²) in [6.45, 7) is 1.42. The third-order valence-corrected chi connectivity index (χ3v) is 3.05. The Morgan fingerprint density at radius 2 is 2.09 bits per heavy atom. The molecule has 0 radical (unpaired) electrons. The van der Waals surface area contributed by atoms with Crippen LogP contribution in [0.3, 0.4) is 0 Å². The molecule has 4 nitrogen and oxygen atoms in total. The molecular formula is C5H13ClN2O2S. The fraction of sp³-hybridized carbons (Fsp3) is 1.00. The Labute approximate surface area is 73.0 Å². The number of nitrogens with one attached hydrogen (secondary N) is 1. The van der Waals surface area contributed by atoms with Crippen molar-refractivity contribution in [3.8, 4) is 0 Å². The number of sulfonamides is 1. The predicted octanol–water partition coefficient (Wildman–Crippen LogP) is -0.551. The lowest BCUT2D eigenvalue weighted by Crippen LogP contribution is -2.41. The van der Waals surface area contributed by atoms with Crippen molar-refractivity contribution in [2.45, 2.75) is 18.1 Å². The summed E-state index contributed by atoms with van der Waals surface area (Å²) in [5.41, 5.74) is 0. The molecule has 1 fully saturated rings. The molecule has 0 bridgehead atoms. The third kappa shape index (κ3) is 3.37. The van der Waals surface area contributed by atoms with E-state index in [9.17, 15) is 8.42 Å². The van der Waals surface area contributed by atoms with Gasteiger partial charge in [-0.05, 0) is 19.4 Å². The number of piperidine rings is 1. The van der Waals surface area contributed by atoms with Gasteiger partial charge in [0, 0.05) is 6.54 Å². The van der Waals surface area contributed by atoms with E-state index in [1.807, 2.05) is 0 Å². The molecule has 1 aliphatic rings. The number of halogens is 1. The fourth-order valence-electron chi connectivity index (χ4n) is 1.10. The van der Waals surface area contributed by atoms with Crippen LogP contribution in [0.15, 0.2) is 0 Å². The highest BCUT2D eigenvalue weighted by molar-refractivity contribution is 7.89. The van der Waals surface area contributed by atoms with E-state index in [0.717, 1.165) is 13.0 Å². The third-order valence-electron chi connectivity index (χ3n) is 1.72. The number of primary sulfonamides is 1. The van der Waals surface area contributed by atoms with Crippen molar-refractivity contribution >= 4 is 22.4 Å². The van der Waals surface area contributed by atoms with Crippen LogP contribution in [0, 0.1) is 0 Å². The molecule has 3 N–H and O–H groups in total. The normalized spacial score (nSPS) is 25.7. The lowest BCUT2D eigenvalue weighted by atomic mass is 10.2. The van der Waals surface area contributed by atoms with Crippen LogP contribution in [-0.4, -0.2) is 26.8 Å². The monoisotopic (exact) mass is 200 g/mol. The van der Waals surface area contributed by atoms with Crippen molar-refractivity contribution in [1.82, 2.24) is 5.32 Å². The fourth-order valence-corrected chi connectivity index (χ4v) is 1.95. The van der Waals surface area contributed by atoms with Crippen molar-refractivity contribution in [2.75, 3.05) is 13.1 Å². The van der Waals surface area contributed by atoms with E-state index in [2.05, 4.69) is 5.32 Å². The zero-order valence-electron chi connectivity index (χ0n) is 6.12. The van der Waals surface area contributed by atoms with E-state index in [1.165, 1.54) is 0 Å². The topological polar surface area (TPSA) is 72.2 Å². The quantitative estimate of drug-likeness (QED) is 0.597. The Morgan fingerprint density at radius 1 is 1.45 bits per heavy atom. The van der Waals surface area contributed by atoms with E-state index >= 15 is 0 Å². The van der Waals surface area contributed by atoms with Gasteiger partial charge in [0.1, 0.15) is 0 Å². The summed E-state index contributed by atoms with van der Waals surface area (Å²) >= 11 is 0. The van der Waals surface area contributed by atoms with Gasteiger partial charge >= 0.3 is 0 Å². The second-order valence-electron chi connectivity index (χ2n) is 2.56. The zero-order chi connectivity index (χ0) is 7.61. The average molecular weight is 201 g/mol. The SMILES string of the molecule is Cl.NS(=O)(=O)[C@@H]1CCCNC1. The molecule has 11 heavy (non-hydrogen) atoms. The molecule has 0 amide bonds. The van der Waals surface area contributed by atoms with Gasteiger partial charge in [-0.2, -0.15) is 0 Å². The highest BCUT2D eigenvalue weighted by atomic mass is 35.5. The van der Waals surface area contributed by atoms with Gasteiger partial charge in [0.25, 0.3) is 0 Å². The molecular weight excluding hydrogens is 188 g/mol. The van der Waals surface area contributed by atoms with Gasteiger partial charge in [-0.25, -0.2) is 13.6 Å². The molecule has 0 aromatic rings. The number of hydrogen-bond donors (Lipinski definition) is 2. The summed E-state index contributed by atoms with van der Waals surface area (Å²) in [5, 5.41) is 7.56. The lowest BCUT2D eigenvalue weighted by molar-refractivity contribution is 0.497. The molecule has 68 valence electrons. The smallest absolute Gasteiger partial charge is 0.213 e. The van der Waals surface area contributed by atoms with E-state index in [1.54, 1.807) is 0 Å². The average Bonchev–Trinajstić information content (AvgIpc) is 1.88. The van der Waals surface area contributed by atoms with Crippen molar-refractivity contribution in [3.63, 3.8) is 0 Å². The molecule has 1 atom stereocenters. The molecule has 1 aliphatic heterocycles. The van der Waals surface area contributed by atoms with E-state index in [-0.39, 0.29) is 17.7 Å². The molecule has 0 spiro atoms. The second-order valence-corrected chi connectivity index (χ2v) is 4.40. The maximum Gasteiger partial charge on any atom is 0.213 e. The van der Waals surface area contributed by atoms with Crippen LogP contribution < -0.4 is 10.5 Å². The number of rotatable bonds is 1. The lowest BCUT2D eigenvalue weighted by Gasteiger charge is -2.20. The summed E-state index contributed by atoms with van der Waals surface area (Å²) in [6.07, 6.45) is 1.60. The van der Waals surface area contributed by atoms with Crippen LogP contribution in [0.1, 0.15) is 12.8 Å². The molecule has 0 saturated carbocycles.